The van der Waals surface area contributed by atoms with Gasteiger partial charge in [0.05, 0.1) is 18.8 Å². The molecule has 0 saturated heterocycles. The summed E-state index contributed by atoms with van der Waals surface area (Å²) in [5.41, 5.74) is 2.41. The summed E-state index contributed by atoms with van der Waals surface area (Å²) in [7, 11) is 0. The van der Waals surface area contributed by atoms with E-state index in [2.05, 4.69) is 44.4 Å². The van der Waals surface area contributed by atoms with Crippen molar-refractivity contribution in [3.63, 3.8) is 0 Å². The maximum atomic E-state index is 11.6. The van der Waals surface area contributed by atoms with E-state index >= 15 is 0 Å². The number of carbonyl (C=O) groups is 1. The molecule has 3 aliphatic rings. The number of aliphatic hydroxyl groups is 3. The van der Waals surface area contributed by atoms with Crippen molar-refractivity contribution in [3.05, 3.63) is 35.5 Å². The molecule has 212 valence electrons. The number of ether oxygens (including phenoxy) is 1. The molecule has 0 bridgehead atoms. The SMILES string of the molecule is C=C1/C(=C\C=C2/CCC[C@]3(C)[C@@H]([C@H](C)CC#CC(C)(C)O)CC[C@@H]23)C[C@@H](O)[C@H](CCCC(=O)OCC)[C@@H]1O. The zero-order valence-electron chi connectivity index (χ0n) is 24.3. The second-order valence-electron chi connectivity index (χ2n) is 12.7. The van der Waals surface area contributed by atoms with Gasteiger partial charge in [0.1, 0.15) is 5.60 Å². The molecule has 38 heavy (non-hydrogen) atoms. The van der Waals surface area contributed by atoms with Gasteiger partial charge < -0.3 is 20.1 Å². The highest BCUT2D eigenvalue weighted by atomic mass is 16.5. The van der Waals surface area contributed by atoms with E-state index in [9.17, 15) is 20.1 Å². The van der Waals surface area contributed by atoms with Crippen LogP contribution in [0.4, 0.5) is 0 Å². The van der Waals surface area contributed by atoms with Crippen LogP contribution in [0.15, 0.2) is 35.5 Å². The molecule has 3 saturated carbocycles. The fourth-order valence-corrected chi connectivity index (χ4v) is 7.40. The maximum Gasteiger partial charge on any atom is 0.305 e. The Kier molecular flexibility index (Phi) is 10.5. The molecule has 7 atom stereocenters. The van der Waals surface area contributed by atoms with E-state index in [4.69, 9.17) is 4.74 Å². The standard InChI is InChI=1S/C33H50O5/c1-7-38-30(35)14-8-13-26-29(34)21-25(23(3)31(26)36)16-15-24-12-10-20-33(6)27(17-18-28(24)33)22(2)11-9-19-32(4,5)37/h15-16,22,26-29,31,34,36-37H,3,7-8,10-14,17-18,20-21H2,1-2,4-6H3/b24-15+,25-16-/t22-,26+,27-,28+,29-,31-,33-/m1/s1. The molecule has 5 heteroatoms. The number of allylic oxidation sites excluding steroid dienone is 3. The van der Waals surface area contributed by atoms with Crippen LogP contribution in [-0.2, 0) is 9.53 Å². The molecule has 3 aliphatic carbocycles. The monoisotopic (exact) mass is 526 g/mol. The fourth-order valence-electron chi connectivity index (χ4n) is 7.40. The smallest absolute Gasteiger partial charge is 0.305 e. The largest absolute Gasteiger partial charge is 0.466 e. The second kappa shape index (κ2) is 13.0. The van der Waals surface area contributed by atoms with Crippen molar-refractivity contribution in [2.24, 2.45) is 29.1 Å². The van der Waals surface area contributed by atoms with Gasteiger partial charge in [0.2, 0.25) is 0 Å². The lowest BCUT2D eigenvalue weighted by Gasteiger charge is -2.44. The van der Waals surface area contributed by atoms with E-state index in [1.54, 1.807) is 20.8 Å². The van der Waals surface area contributed by atoms with E-state index in [1.807, 2.05) is 0 Å². The Balaban J connectivity index is 1.66. The van der Waals surface area contributed by atoms with Crippen molar-refractivity contribution < 1.29 is 24.9 Å². The molecular formula is C33H50O5. The van der Waals surface area contributed by atoms with Gasteiger partial charge in [-0.2, -0.15) is 0 Å². The van der Waals surface area contributed by atoms with E-state index < -0.39 is 17.8 Å². The van der Waals surface area contributed by atoms with Crippen LogP contribution in [0.3, 0.4) is 0 Å². The van der Waals surface area contributed by atoms with Crippen molar-refractivity contribution >= 4 is 5.97 Å². The number of rotatable bonds is 8. The van der Waals surface area contributed by atoms with Crippen LogP contribution >= 0.6 is 0 Å². The molecule has 3 rings (SSSR count). The lowest BCUT2D eigenvalue weighted by molar-refractivity contribution is -0.143. The normalized spacial score (nSPS) is 34.5. The first kappa shape index (κ1) is 30.7. The first-order valence-corrected chi connectivity index (χ1v) is 14.7. The molecule has 0 unspecified atom stereocenters. The van der Waals surface area contributed by atoms with Crippen molar-refractivity contribution in [2.45, 2.75) is 117 Å². The minimum absolute atomic E-state index is 0.233. The van der Waals surface area contributed by atoms with E-state index in [0.29, 0.717) is 55.6 Å². The Hall–Kier alpha value is -1.87. The topological polar surface area (TPSA) is 87.0 Å². The zero-order chi connectivity index (χ0) is 28.1. The van der Waals surface area contributed by atoms with Gasteiger partial charge >= 0.3 is 5.97 Å². The summed E-state index contributed by atoms with van der Waals surface area (Å²) in [5, 5.41) is 31.7. The molecule has 0 amide bonds. The van der Waals surface area contributed by atoms with Gasteiger partial charge in [0.15, 0.2) is 0 Å². The lowest BCUT2D eigenvalue weighted by atomic mass is 9.61. The zero-order valence-corrected chi connectivity index (χ0v) is 24.3. The minimum atomic E-state index is -0.941. The first-order chi connectivity index (χ1) is 17.9. The molecule has 0 aliphatic heterocycles. The van der Waals surface area contributed by atoms with E-state index in [1.165, 1.54) is 31.3 Å². The molecule has 0 heterocycles. The molecule has 0 radical (unpaired) electrons. The highest BCUT2D eigenvalue weighted by Gasteiger charge is 2.50. The van der Waals surface area contributed by atoms with Crippen LogP contribution in [0.2, 0.25) is 0 Å². The Bertz CT molecular complexity index is 974. The molecule has 5 nitrogen and oxygen atoms in total. The van der Waals surface area contributed by atoms with Gasteiger partial charge in [-0.15, -0.1) is 5.92 Å². The quantitative estimate of drug-likeness (QED) is 0.271. The lowest BCUT2D eigenvalue weighted by Crippen LogP contribution is -2.38. The number of hydrogen-bond donors (Lipinski definition) is 3. The summed E-state index contributed by atoms with van der Waals surface area (Å²) >= 11 is 0. The average molecular weight is 527 g/mol. The Morgan fingerprint density at radius 1 is 1.29 bits per heavy atom. The summed E-state index contributed by atoms with van der Waals surface area (Å²) in [4.78, 5) is 11.6. The van der Waals surface area contributed by atoms with Crippen molar-refractivity contribution in [1.82, 2.24) is 0 Å². The van der Waals surface area contributed by atoms with Crippen molar-refractivity contribution in [1.29, 1.82) is 0 Å². The summed E-state index contributed by atoms with van der Waals surface area (Å²) in [5.74, 6) is 7.32. The van der Waals surface area contributed by atoms with Crippen LogP contribution in [0.1, 0.15) is 98.8 Å². The molecule has 0 aromatic carbocycles. The van der Waals surface area contributed by atoms with Crippen LogP contribution < -0.4 is 0 Å². The first-order valence-electron chi connectivity index (χ1n) is 14.7. The highest BCUT2D eigenvalue weighted by Crippen LogP contribution is 2.59. The molecule has 0 aromatic rings. The molecule has 0 aromatic heterocycles. The van der Waals surface area contributed by atoms with Crippen LogP contribution in [-0.4, -0.2) is 45.7 Å². The number of aliphatic hydroxyl groups excluding tert-OH is 2. The second-order valence-corrected chi connectivity index (χ2v) is 12.7. The predicted octanol–water partition coefficient (Wildman–Crippen LogP) is 5.89. The van der Waals surface area contributed by atoms with E-state index in [0.717, 1.165) is 18.4 Å². The third-order valence-corrected chi connectivity index (χ3v) is 9.36. The van der Waals surface area contributed by atoms with Crippen LogP contribution in [0.5, 0.6) is 0 Å². The van der Waals surface area contributed by atoms with Gasteiger partial charge in [0, 0.05) is 18.8 Å². The molecule has 3 fully saturated rings. The summed E-state index contributed by atoms with van der Waals surface area (Å²) in [6, 6.07) is 0. The average Bonchev–Trinajstić information content (AvgIpc) is 3.19. The predicted molar refractivity (Wildman–Crippen MR) is 152 cm³/mol. The summed E-state index contributed by atoms with van der Waals surface area (Å²) in [6.45, 7) is 14.6. The minimum Gasteiger partial charge on any atom is -0.466 e. The maximum absolute atomic E-state index is 11.6. The van der Waals surface area contributed by atoms with Gasteiger partial charge in [-0.05, 0) is 106 Å². The third-order valence-electron chi connectivity index (χ3n) is 9.36. The summed E-state index contributed by atoms with van der Waals surface area (Å²) in [6.07, 6.45) is 11.5. The Morgan fingerprint density at radius 2 is 2.03 bits per heavy atom. The number of fused-ring (bicyclic) bond motifs is 1. The number of carbonyl (C=O) groups excluding carboxylic acids is 1. The highest BCUT2D eigenvalue weighted by molar-refractivity contribution is 5.69. The number of hydrogen-bond acceptors (Lipinski definition) is 5. The van der Waals surface area contributed by atoms with Crippen molar-refractivity contribution in [3.8, 4) is 11.8 Å². The third kappa shape index (κ3) is 7.40. The fraction of sp³-hybridized carbons (Fsp3) is 0.727. The van der Waals surface area contributed by atoms with Gasteiger partial charge in [0.25, 0.3) is 0 Å². The van der Waals surface area contributed by atoms with Gasteiger partial charge in [-0.1, -0.05) is 44.1 Å². The van der Waals surface area contributed by atoms with Crippen LogP contribution in [0, 0.1) is 40.9 Å². The molecule has 3 N–H and O–H groups in total. The Morgan fingerprint density at radius 3 is 2.71 bits per heavy atom. The van der Waals surface area contributed by atoms with E-state index in [-0.39, 0.29) is 17.3 Å². The molecule has 0 spiro atoms. The van der Waals surface area contributed by atoms with Crippen molar-refractivity contribution in [2.75, 3.05) is 6.61 Å². The van der Waals surface area contributed by atoms with Crippen LogP contribution in [0.25, 0.3) is 0 Å². The molecular weight excluding hydrogens is 476 g/mol. The van der Waals surface area contributed by atoms with Gasteiger partial charge in [-0.3, -0.25) is 4.79 Å². The van der Waals surface area contributed by atoms with Gasteiger partial charge in [-0.25, -0.2) is 0 Å². The number of esters is 1. The summed E-state index contributed by atoms with van der Waals surface area (Å²) < 4.78 is 4.99. The Labute approximate surface area is 230 Å².